The second kappa shape index (κ2) is 6.43. The number of rotatable bonds is 3. The van der Waals surface area contributed by atoms with Gasteiger partial charge >= 0.3 is 5.76 Å². The molecule has 1 saturated heterocycles. The molecule has 1 aromatic carbocycles. The summed E-state index contributed by atoms with van der Waals surface area (Å²) in [7, 11) is 0. The molecule has 1 aliphatic carbocycles. The number of ether oxygens (including phenoxy) is 1. The number of carbonyl (C=O) groups excluding carboxylic acids is 1. The lowest BCUT2D eigenvalue weighted by Crippen LogP contribution is -2.55. The largest absolute Gasteiger partial charge is 0.419 e. The first kappa shape index (κ1) is 15.4. The molecule has 6 nitrogen and oxygen atoms in total. The maximum atomic E-state index is 12.7. The summed E-state index contributed by atoms with van der Waals surface area (Å²) in [5.41, 5.74) is 1.31. The number of aromatic nitrogens is 1. The maximum absolute atomic E-state index is 12.7. The van der Waals surface area contributed by atoms with Crippen molar-refractivity contribution in [2.24, 2.45) is 0 Å². The number of hydrogen-bond donors (Lipinski definition) is 0. The maximum Gasteiger partial charge on any atom is 0.419 e. The van der Waals surface area contributed by atoms with Crippen LogP contribution in [0.3, 0.4) is 0 Å². The summed E-state index contributed by atoms with van der Waals surface area (Å²) >= 11 is 0. The van der Waals surface area contributed by atoms with Crippen molar-refractivity contribution in [2.75, 3.05) is 13.2 Å². The van der Waals surface area contributed by atoms with E-state index >= 15 is 0 Å². The van der Waals surface area contributed by atoms with Gasteiger partial charge in [0.25, 0.3) is 0 Å². The standard InChI is InChI=1S/C18H22N2O4/c21-17(19-11-12-23-15-7-3-1-5-13(15)19)9-10-20-14-6-2-4-8-16(14)24-18(20)22/h2,4,6,8,13,15H,1,3,5,7,9-12H2/t13-,15-/m1/s1. The Bertz CT molecular complexity index is 792. The molecular formula is C18H22N2O4. The Hall–Kier alpha value is -2.08. The zero-order chi connectivity index (χ0) is 16.5. The molecule has 1 amide bonds. The molecular weight excluding hydrogens is 308 g/mol. The number of para-hydroxylation sites is 2. The zero-order valence-electron chi connectivity index (χ0n) is 13.6. The van der Waals surface area contributed by atoms with E-state index in [1.54, 1.807) is 10.6 Å². The van der Waals surface area contributed by atoms with E-state index in [9.17, 15) is 9.59 Å². The van der Waals surface area contributed by atoms with Crippen LogP contribution in [-0.2, 0) is 16.1 Å². The molecule has 2 aliphatic rings. The van der Waals surface area contributed by atoms with Gasteiger partial charge in [0, 0.05) is 19.5 Å². The van der Waals surface area contributed by atoms with Crippen LogP contribution in [0.25, 0.3) is 11.1 Å². The van der Waals surface area contributed by atoms with Crippen molar-refractivity contribution < 1.29 is 13.9 Å². The molecule has 128 valence electrons. The van der Waals surface area contributed by atoms with Gasteiger partial charge in [-0.05, 0) is 25.0 Å². The molecule has 0 spiro atoms. The van der Waals surface area contributed by atoms with Crippen molar-refractivity contribution in [2.45, 2.75) is 50.8 Å². The van der Waals surface area contributed by atoms with Gasteiger partial charge in [0.2, 0.25) is 5.91 Å². The summed E-state index contributed by atoms with van der Waals surface area (Å²) in [5, 5.41) is 0. The number of nitrogens with zero attached hydrogens (tertiary/aromatic N) is 2. The van der Waals surface area contributed by atoms with Crippen LogP contribution < -0.4 is 5.76 Å². The Morgan fingerprint density at radius 2 is 2.04 bits per heavy atom. The first-order valence-electron chi connectivity index (χ1n) is 8.73. The van der Waals surface area contributed by atoms with Gasteiger partial charge in [-0.2, -0.15) is 0 Å². The fourth-order valence-corrected chi connectivity index (χ4v) is 3.98. The third-order valence-corrected chi connectivity index (χ3v) is 5.18. The highest BCUT2D eigenvalue weighted by Crippen LogP contribution is 2.28. The van der Waals surface area contributed by atoms with E-state index in [0.29, 0.717) is 31.7 Å². The van der Waals surface area contributed by atoms with Crippen LogP contribution in [0.15, 0.2) is 33.5 Å². The van der Waals surface area contributed by atoms with Crippen LogP contribution in [0.1, 0.15) is 32.1 Å². The van der Waals surface area contributed by atoms with Gasteiger partial charge in [-0.25, -0.2) is 4.79 Å². The molecule has 24 heavy (non-hydrogen) atoms. The predicted octanol–water partition coefficient (Wildman–Crippen LogP) is 2.15. The van der Waals surface area contributed by atoms with Gasteiger partial charge in [0.15, 0.2) is 5.58 Å². The highest BCUT2D eigenvalue weighted by Gasteiger charge is 2.36. The number of carbonyl (C=O) groups is 1. The lowest BCUT2D eigenvalue weighted by atomic mass is 9.90. The topological polar surface area (TPSA) is 64.7 Å². The Morgan fingerprint density at radius 1 is 1.21 bits per heavy atom. The summed E-state index contributed by atoms with van der Waals surface area (Å²) in [5.74, 6) is -0.297. The first-order valence-corrected chi connectivity index (χ1v) is 8.73. The smallest absolute Gasteiger partial charge is 0.408 e. The third kappa shape index (κ3) is 2.75. The van der Waals surface area contributed by atoms with Gasteiger partial charge in [-0.15, -0.1) is 0 Å². The molecule has 0 unspecified atom stereocenters. The Morgan fingerprint density at radius 3 is 2.96 bits per heavy atom. The van der Waals surface area contributed by atoms with Crippen LogP contribution in [0, 0.1) is 0 Å². The molecule has 0 N–H and O–H groups in total. The SMILES string of the molecule is O=C(CCn1c(=O)oc2ccccc21)N1CCO[C@@H]2CCCC[C@H]21. The lowest BCUT2D eigenvalue weighted by molar-refractivity contribution is -0.149. The van der Waals surface area contributed by atoms with Crippen LogP contribution in [-0.4, -0.2) is 40.7 Å². The van der Waals surface area contributed by atoms with Crippen LogP contribution in [0.5, 0.6) is 0 Å². The van der Waals surface area contributed by atoms with Crippen LogP contribution >= 0.6 is 0 Å². The number of aryl methyl sites for hydroxylation is 1. The molecule has 0 bridgehead atoms. The average molecular weight is 330 g/mol. The second-order valence-corrected chi connectivity index (χ2v) is 6.59. The Labute approximate surface area is 140 Å². The fourth-order valence-electron chi connectivity index (χ4n) is 3.98. The van der Waals surface area contributed by atoms with Gasteiger partial charge in [-0.1, -0.05) is 25.0 Å². The van der Waals surface area contributed by atoms with E-state index in [0.717, 1.165) is 24.8 Å². The third-order valence-electron chi connectivity index (χ3n) is 5.18. The highest BCUT2D eigenvalue weighted by molar-refractivity contribution is 5.77. The van der Waals surface area contributed by atoms with Crippen molar-refractivity contribution in [1.29, 1.82) is 0 Å². The van der Waals surface area contributed by atoms with Crippen molar-refractivity contribution in [3.63, 3.8) is 0 Å². The summed E-state index contributed by atoms with van der Waals surface area (Å²) < 4.78 is 12.6. The molecule has 1 saturated carbocycles. The van der Waals surface area contributed by atoms with Gasteiger partial charge in [-0.3, -0.25) is 9.36 Å². The van der Waals surface area contributed by atoms with Gasteiger partial charge in [0.1, 0.15) is 0 Å². The number of morpholine rings is 1. The van der Waals surface area contributed by atoms with Crippen molar-refractivity contribution >= 4 is 17.0 Å². The minimum Gasteiger partial charge on any atom is -0.408 e. The quantitative estimate of drug-likeness (QED) is 0.865. The summed E-state index contributed by atoms with van der Waals surface area (Å²) in [6.07, 6.45) is 4.89. The molecule has 2 fully saturated rings. The van der Waals surface area contributed by atoms with E-state index in [2.05, 4.69) is 0 Å². The average Bonchev–Trinajstić information content (AvgIpc) is 2.94. The molecule has 2 heterocycles. The summed E-state index contributed by atoms with van der Waals surface area (Å²) in [4.78, 5) is 26.7. The number of amides is 1. The second-order valence-electron chi connectivity index (χ2n) is 6.59. The van der Waals surface area contributed by atoms with Crippen molar-refractivity contribution in [1.82, 2.24) is 9.47 Å². The minimum atomic E-state index is -0.401. The van der Waals surface area contributed by atoms with E-state index in [1.165, 1.54) is 6.42 Å². The summed E-state index contributed by atoms with van der Waals surface area (Å²) in [6.45, 7) is 1.62. The Balaban J connectivity index is 1.48. The first-order chi connectivity index (χ1) is 11.7. The Kier molecular flexibility index (Phi) is 4.14. The number of benzene rings is 1. The molecule has 4 rings (SSSR count). The number of fused-ring (bicyclic) bond motifs is 2. The van der Waals surface area contributed by atoms with Gasteiger partial charge in [0.05, 0.1) is 24.3 Å². The van der Waals surface area contributed by atoms with Gasteiger partial charge < -0.3 is 14.1 Å². The van der Waals surface area contributed by atoms with Crippen molar-refractivity contribution in [3.8, 4) is 0 Å². The normalized spacial score (nSPS) is 24.1. The van der Waals surface area contributed by atoms with Crippen LogP contribution in [0.2, 0.25) is 0 Å². The molecule has 1 aliphatic heterocycles. The fraction of sp³-hybridized carbons (Fsp3) is 0.556. The molecule has 0 radical (unpaired) electrons. The predicted molar refractivity (Wildman–Crippen MR) is 88.8 cm³/mol. The minimum absolute atomic E-state index is 0.104. The molecule has 1 aromatic heterocycles. The van der Waals surface area contributed by atoms with E-state index in [-0.39, 0.29) is 18.1 Å². The molecule has 2 aromatic rings. The van der Waals surface area contributed by atoms with E-state index in [4.69, 9.17) is 9.15 Å². The highest BCUT2D eigenvalue weighted by atomic mass is 16.5. The molecule has 6 heteroatoms. The van der Waals surface area contributed by atoms with E-state index < -0.39 is 5.76 Å². The molecule has 2 atom stereocenters. The number of hydrogen-bond acceptors (Lipinski definition) is 4. The zero-order valence-corrected chi connectivity index (χ0v) is 13.6. The van der Waals surface area contributed by atoms with Crippen molar-refractivity contribution in [3.05, 3.63) is 34.8 Å². The van der Waals surface area contributed by atoms with Crippen LogP contribution in [0.4, 0.5) is 0 Å². The lowest BCUT2D eigenvalue weighted by Gasteiger charge is -2.43. The monoisotopic (exact) mass is 330 g/mol. The summed E-state index contributed by atoms with van der Waals surface area (Å²) in [6, 6.07) is 7.51. The number of oxazole rings is 1. The van der Waals surface area contributed by atoms with E-state index in [1.807, 2.05) is 23.1 Å².